The van der Waals surface area contributed by atoms with Crippen LogP contribution >= 0.6 is 0 Å². The number of hydrogen-bond donors (Lipinski definition) is 2. The molecule has 1 saturated carbocycles. The van der Waals surface area contributed by atoms with E-state index in [2.05, 4.69) is 0 Å². The van der Waals surface area contributed by atoms with E-state index in [1.807, 2.05) is 25.1 Å². The van der Waals surface area contributed by atoms with Gasteiger partial charge in [-0.1, -0.05) is 37.8 Å². The molecule has 1 aromatic carbocycles. The first-order chi connectivity index (χ1) is 8.18. The molecule has 2 heteroatoms. The Morgan fingerprint density at radius 2 is 1.82 bits per heavy atom. The Bertz CT molecular complexity index is 367. The standard InChI is InChI=1S/C15H23NO/c1-11-8-9-13(14(16)10-11)15(17)12-6-4-2-3-5-7-12/h8-10,12,15,17H,2-7,16H2,1H3. The molecule has 94 valence electrons. The zero-order chi connectivity index (χ0) is 12.3. The number of aryl methyl sites for hydroxylation is 1. The van der Waals surface area contributed by atoms with Crippen LogP contribution in [0.25, 0.3) is 0 Å². The van der Waals surface area contributed by atoms with Gasteiger partial charge < -0.3 is 10.8 Å². The summed E-state index contributed by atoms with van der Waals surface area (Å²) < 4.78 is 0. The molecule has 1 aliphatic carbocycles. The first-order valence-corrected chi connectivity index (χ1v) is 6.72. The molecule has 0 saturated heterocycles. The molecule has 0 spiro atoms. The van der Waals surface area contributed by atoms with Gasteiger partial charge in [-0.2, -0.15) is 0 Å². The Morgan fingerprint density at radius 1 is 1.18 bits per heavy atom. The fourth-order valence-corrected chi connectivity index (χ4v) is 2.84. The summed E-state index contributed by atoms with van der Waals surface area (Å²) in [4.78, 5) is 0. The van der Waals surface area contributed by atoms with Crippen LogP contribution in [0.4, 0.5) is 5.69 Å². The molecule has 2 rings (SSSR count). The smallest absolute Gasteiger partial charge is 0.0838 e. The zero-order valence-corrected chi connectivity index (χ0v) is 10.7. The monoisotopic (exact) mass is 233 g/mol. The van der Waals surface area contributed by atoms with E-state index in [-0.39, 0.29) is 6.10 Å². The van der Waals surface area contributed by atoms with Crippen molar-refractivity contribution >= 4 is 5.69 Å². The molecule has 0 aliphatic heterocycles. The van der Waals surface area contributed by atoms with Crippen molar-refractivity contribution in [1.82, 2.24) is 0 Å². The third kappa shape index (κ3) is 3.01. The van der Waals surface area contributed by atoms with Crippen LogP contribution in [0.5, 0.6) is 0 Å². The Morgan fingerprint density at radius 3 is 2.41 bits per heavy atom. The van der Waals surface area contributed by atoms with E-state index < -0.39 is 0 Å². The highest BCUT2D eigenvalue weighted by Crippen LogP contribution is 2.35. The van der Waals surface area contributed by atoms with Gasteiger partial charge in [-0.15, -0.1) is 0 Å². The molecule has 0 amide bonds. The number of benzene rings is 1. The quantitative estimate of drug-likeness (QED) is 0.606. The molecule has 1 fully saturated rings. The SMILES string of the molecule is Cc1ccc(C(O)C2CCCCCC2)c(N)c1. The van der Waals surface area contributed by atoms with Crippen LogP contribution in [0.2, 0.25) is 0 Å². The number of anilines is 1. The number of hydrogen-bond acceptors (Lipinski definition) is 2. The van der Waals surface area contributed by atoms with Gasteiger partial charge in [0.25, 0.3) is 0 Å². The molecular formula is C15H23NO. The second kappa shape index (κ2) is 5.54. The number of nitrogen functional groups attached to an aromatic ring is 1. The molecule has 1 atom stereocenters. The van der Waals surface area contributed by atoms with E-state index >= 15 is 0 Å². The van der Waals surface area contributed by atoms with E-state index in [4.69, 9.17) is 5.73 Å². The summed E-state index contributed by atoms with van der Waals surface area (Å²) in [6.07, 6.45) is 7.00. The van der Waals surface area contributed by atoms with Gasteiger partial charge >= 0.3 is 0 Å². The lowest BCUT2D eigenvalue weighted by Gasteiger charge is -2.23. The molecule has 17 heavy (non-hydrogen) atoms. The average molecular weight is 233 g/mol. The second-order valence-corrected chi connectivity index (χ2v) is 5.33. The van der Waals surface area contributed by atoms with Crippen molar-refractivity contribution in [3.8, 4) is 0 Å². The molecule has 2 nitrogen and oxygen atoms in total. The van der Waals surface area contributed by atoms with E-state index in [1.165, 1.54) is 25.7 Å². The predicted octanol–water partition coefficient (Wildman–Crippen LogP) is 3.58. The number of nitrogens with two attached hydrogens (primary N) is 1. The first-order valence-electron chi connectivity index (χ1n) is 6.72. The van der Waals surface area contributed by atoms with Crippen LogP contribution in [0, 0.1) is 12.8 Å². The molecule has 0 aromatic heterocycles. The summed E-state index contributed by atoms with van der Waals surface area (Å²) in [5, 5.41) is 10.5. The van der Waals surface area contributed by atoms with Gasteiger partial charge in [0.05, 0.1) is 6.10 Å². The first kappa shape index (κ1) is 12.4. The number of rotatable bonds is 2. The maximum Gasteiger partial charge on any atom is 0.0838 e. The highest BCUT2D eigenvalue weighted by atomic mass is 16.3. The van der Waals surface area contributed by atoms with Crippen molar-refractivity contribution in [2.75, 3.05) is 5.73 Å². The molecular weight excluding hydrogens is 210 g/mol. The van der Waals surface area contributed by atoms with Gasteiger partial charge in [0, 0.05) is 11.3 Å². The van der Waals surface area contributed by atoms with Crippen molar-refractivity contribution in [3.05, 3.63) is 29.3 Å². The van der Waals surface area contributed by atoms with Crippen molar-refractivity contribution < 1.29 is 5.11 Å². The zero-order valence-electron chi connectivity index (χ0n) is 10.7. The fourth-order valence-electron chi connectivity index (χ4n) is 2.84. The van der Waals surface area contributed by atoms with Gasteiger partial charge in [-0.05, 0) is 37.3 Å². The van der Waals surface area contributed by atoms with E-state index in [1.54, 1.807) is 0 Å². The normalized spacial score (nSPS) is 19.9. The Balaban J connectivity index is 2.14. The van der Waals surface area contributed by atoms with E-state index in [0.29, 0.717) is 5.92 Å². The van der Waals surface area contributed by atoms with Crippen molar-refractivity contribution in [3.63, 3.8) is 0 Å². The Kier molecular flexibility index (Phi) is 4.06. The number of aliphatic hydroxyl groups excluding tert-OH is 1. The molecule has 0 heterocycles. The lowest BCUT2D eigenvalue weighted by atomic mass is 9.88. The topological polar surface area (TPSA) is 46.2 Å². The van der Waals surface area contributed by atoms with Crippen LogP contribution in [0.3, 0.4) is 0 Å². The van der Waals surface area contributed by atoms with Crippen molar-refractivity contribution in [1.29, 1.82) is 0 Å². The van der Waals surface area contributed by atoms with Gasteiger partial charge in [0.15, 0.2) is 0 Å². The fraction of sp³-hybridized carbons (Fsp3) is 0.600. The van der Waals surface area contributed by atoms with Crippen molar-refractivity contribution in [2.45, 2.75) is 51.6 Å². The van der Waals surface area contributed by atoms with Crippen LogP contribution in [0.1, 0.15) is 55.8 Å². The molecule has 0 radical (unpaired) electrons. The van der Waals surface area contributed by atoms with Crippen LogP contribution < -0.4 is 5.73 Å². The van der Waals surface area contributed by atoms with Crippen LogP contribution in [0.15, 0.2) is 18.2 Å². The molecule has 0 bridgehead atoms. The largest absolute Gasteiger partial charge is 0.398 e. The van der Waals surface area contributed by atoms with Gasteiger partial charge in [0.2, 0.25) is 0 Å². The summed E-state index contributed by atoms with van der Waals surface area (Å²) in [5.41, 5.74) is 8.82. The number of aliphatic hydroxyl groups is 1. The summed E-state index contributed by atoms with van der Waals surface area (Å²) >= 11 is 0. The van der Waals surface area contributed by atoms with Crippen LogP contribution in [-0.2, 0) is 0 Å². The second-order valence-electron chi connectivity index (χ2n) is 5.33. The minimum absolute atomic E-state index is 0.381. The Labute approximate surface area is 104 Å². The third-order valence-corrected chi connectivity index (χ3v) is 3.91. The molecule has 3 N–H and O–H groups in total. The summed E-state index contributed by atoms with van der Waals surface area (Å²) in [6.45, 7) is 2.03. The highest BCUT2D eigenvalue weighted by molar-refractivity contribution is 5.50. The average Bonchev–Trinajstić information content (AvgIpc) is 2.56. The summed E-state index contributed by atoms with van der Waals surface area (Å²) in [6, 6.07) is 5.97. The minimum atomic E-state index is -0.381. The third-order valence-electron chi connectivity index (χ3n) is 3.91. The van der Waals surface area contributed by atoms with E-state index in [9.17, 15) is 5.11 Å². The van der Waals surface area contributed by atoms with Gasteiger partial charge in [0.1, 0.15) is 0 Å². The van der Waals surface area contributed by atoms with Gasteiger partial charge in [-0.3, -0.25) is 0 Å². The van der Waals surface area contributed by atoms with E-state index in [0.717, 1.165) is 29.7 Å². The molecule has 1 unspecified atom stereocenters. The Hall–Kier alpha value is -1.02. The van der Waals surface area contributed by atoms with Crippen molar-refractivity contribution in [2.24, 2.45) is 5.92 Å². The summed E-state index contributed by atoms with van der Waals surface area (Å²) in [5.74, 6) is 0.391. The predicted molar refractivity (Wildman–Crippen MR) is 71.7 cm³/mol. The lowest BCUT2D eigenvalue weighted by Crippen LogP contribution is -2.13. The van der Waals surface area contributed by atoms with Gasteiger partial charge in [-0.25, -0.2) is 0 Å². The summed E-state index contributed by atoms with van der Waals surface area (Å²) in [7, 11) is 0. The minimum Gasteiger partial charge on any atom is -0.398 e. The maximum atomic E-state index is 10.5. The molecule has 1 aromatic rings. The molecule has 1 aliphatic rings. The highest BCUT2D eigenvalue weighted by Gasteiger charge is 2.23. The lowest BCUT2D eigenvalue weighted by molar-refractivity contribution is 0.0994. The maximum absolute atomic E-state index is 10.5. The van der Waals surface area contributed by atoms with Crippen LogP contribution in [-0.4, -0.2) is 5.11 Å².